The Kier molecular flexibility index (Phi) is 2.05. The molecule has 0 saturated carbocycles. The summed E-state index contributed by atoms with van der Waals surface area (Å²) in [7, 11) is 0. The molecule has 0 heterocycles. The number of halogens is 3. The number of alkyl halides is 3. The van der Waals surface area contributed by atoms with E-state index in [4.69, 9.17) is 0 Å². The molecule has 2 aromatic carbocycles. The largest absolute Gasteiger partial charge is 0.403 e. The molecular formula is C14H7F3. The van der Waals surface area contributed by atoms with Gasteiger partial charge in [0.15, 0.2) is 0 Å². The van der Waals surface area contributed by atoms with Gasteiger partial charge in [-0.2, -0.15) is 13.2 Å². The SMILES string of the molecule is FC(F)(F)[C]1C=Cc2[c]ccc3cccc1c23. The van der Waals surface area contributed by atoms with Crippen LogP contribution in [0.15, 0.2) is 36.4 Å². The topological polar surface area (TPSA) is 0 Å². The van der Waals surface area contributed by atoms with Crippen molar-refractivity contribution >= 4 is 16.8 Å². The Morgan fingerprint density at radius 2 is 1.82 bits per heavy atom. The van der Waals surface area contributed by atoms with Gasteiger partial charge in [-0.05, 0) is 28.0 Å². The minimum atomic E-state index is -4.32. The molecule has 3 heteroatoms. The molecular weight excluding hydrogens is 225 g/mol. The maximum atomic E-state index is 12.9. The predicted octanol–water partition coefficient (Wildman–Crippen LogP) is 4.15. The van der Waals surface area contributed by atoms with Crippen molar-refractivity contribution in [2.75, 3.05) is 0 Å². The molecule has 0 atom stereocenters. The number of hydrogen-bond donors (Lipinski definition) is 0. The third kappa shape index (κ3) is 1.54. The van der Waals surface area contributed by atoms with Gasteiger partial charge in [-0.15, -0.1) is 0 Å². The maximum absolute atomic E-state index is 12.9. The zero-order chi connectivity index (χ0) is 12.0. The van der Waals surface area contributed by atoms with Gasteiger partial charge in [0.25, 0.3) is 0 Å². The summed E-state index contributed by atoms with van der Waals surface area (Å²) >= 11 is 0. The minimum Gasteiger partial charge on any atom is -0.170 e. The first kappa shape index (κ1) is 10.4. The molecule has 0 spiro atoms. The summed E-state index contributed by atoms with van der Waals surface area (Å²) in [6, 6.07) is 11.4. The molecule has 0 nitrogen and oxygen atoms in total. The summed E-state index contributed by atoms with van der Waals surface area (Å²) in [6.45, 7) is 0. The average molecular weight is 232 g/mol. The molecule has 2 radical (unpaired) electrons. The first-order chi connectivity index (χ1) is 8.07. The second-order valence-electron chi connectivity index (χ2n) is 3.91. The lowest BCUT2D eigenvalue weighted by molar-refractivity contribution is -0.103. The van der Waals surface area contributed by atoms with Crippen molar-refractivity contribution in [3.05, 3.63) is 59.5 Å². The number of allylic oxidation sites excluding steroid dienone is 1. The Morgan fingerprint density at radius 1 is 1.00 bits per heavy atom. The van der Waals surface area contributed by atoms with Crippen LogP contribution in [0.1, 0.15) is 11.1 Å². The van der Waals surface area contributed by atoms with Gasteiger partial charge in [-0.3, -0.25) is 0 Å². The molecule has 2 aromatic rings. The molecule has 1 aliphatic carbocycles. The zero-order valence-corrected chi connectivity index (χ0v) is 8.68. The van der Waals surface area contributed by atoms with Crippen LogP contribution in [0.5, 0.6) is 0 Å². The highest BCUT2D eigenvalue weighted by atomic mass is 19.4. The lowest BCUT2D eigenvalue weighted by atomic mass is 9.86. The molecule has 17 heavy (non-hydrogen) atoms. The van der Waals surface area contributed by atoms with Gasteiger partial charge in [0.2, 0.25) is 0 Å². The normalized spacial score (nSPS) is 15.5. The molecule has 84 valence electrons. The minimum absolute atomic E-state index is 0.240. The van der Waals surface area contributed by atoms with E-state index in [0.29, 0.717) is 10.9 Å². The van der Waals surface area contributed by atoms with E-state index < -0.39 is 12.1 Å². The van der Waals surface area contributed by atoms with E-state index in [2.05, 4.69) is 6.07 Å². The van der Waals surface area contributed by atoms with Crippen LogP contribution in [0.3, 0.4) is 0 Å². The van der Waals surface area contributed by atoms with Crippen LogP contribution in [0, 0.1) is 12.0 Å². The molecule has 0 unspecified atom stereocenters. The number of rotatable bonds is 0. The summed E-state index contributed by atoms with van der Waals surface area (Å²) in [5.41, 5.74) is 0.954. The molecule has 0 N–H and O–H groups in total. The first-order valence-electron chi connectivity index (χ1n) is 5.13. The van der Waals surface area contributed by atoms with Crippen LogP contribution < -0.4 is 0 Å². The van der Waals surface area contributed by atoms with Crippen LogP contribution in [-0.4, -0.2) is 6.18 Å². The summed E-state index contributed by atoms with van der Waals surface area (Å²) in [4.78, 5) is 0. The van der Waals surface area contributed by atoms with E-state index in [0.717, 1.165) is 11.5 Å². The van der Waals surface area contributed by atoms with Gasteiger partial charge in [-0.1, -0.05) is 42.5 Å². The van der Waals surface area contributed by atoms with E-state index >= 15 is 0 Å². The second-order valence-corrected chi connectivity index (χ2v) is 3.91. The standard InChI is InChI=1S/C14H7F3/c15-14(16,17)12-8-7-10-4-1-3-9-5-2-6-11(12)13(9)10/h1-3,5-8H. The summed E-state index contributed by atoms with van der Waals surface area (Å²) in [6.07, 6.45) is -1.73. The fourth-order valence-electron chi connectivity index (χ4n) is 2.16. The third-order valence-corrected chi connectivity index (χ3v) is 2.88. The highest BCUT2D eigenvalue weighted by molar-refractivity contribution is 5.97. The molecule has 3 rings (SSSR count). The van der Waals surface area contributed by atoms with Gasteiger partial charge in [-0.25, -0.2) is 0 Å². The van der Waals surface area contributed by atoms with Crippen molar-refractivity contribution in [1.29, 1.82) is 0 Å². The summed E-state index contributed by atoms with van der Waals surface area (Å²) < 4.78 is 38.6. The quantitative estimate of drug-likeness (QED) is 0.640. The van der Waals surface area contributed by atoms with E-state index in [1.54, 1.807) is 18.2 Å². The average Bonchev–Trinajstić information content (AvgIpc) is 2.28. The lowest BCUT2D eigenvalue weighted by Crippen LogP contribution is -2.21. The van der Waals surface area contributed by atoms with E-state index in [-0.39, 0.29) is 5.56 Å². The van der Waals surface area contributed by atoms with Gasteiger partial charge in [0, 0.05) is 0 Å². The summed E-state index contributed by atoms with van der Waals surface area (Å²) in [5, 5.41) is 1.44. The molecule has 0 aliphatic heterocycles. The van der Waals surface area contributed by atoms with Crippen LogP contribution >= 0.6 is 0 Å². The van der Waals surface area contributed by atoms with Crippen molar-refractivity contribution in [3.8, 4) is 0 Å². The smallest absolute Gasteiger partial charge is 0.170 e. The molecule has 0 saturated heterocycles. The molecule has 0 amide bonds. The Labute approximate surface area is 96.4 Å². The van der Waals surface area contributed by atoms with Crippen molar-refractivity contribution < 1.29 is 13.2 Å². The van der Waals surface area contributed by atoms with Gasteiger partial charge >= 0.3 is 6.18 Å². The van der Waals surface area contributed by atoms with Crippen molar-refractivity contribution in [2.45, 2.75) is 6.18 Å². The Balaban J connectivity index is 2.34. The van der Waals surface area contributed by atoms with Gasteiger partial charge in [0.05, 0.1) is 0 Å². The fourth-order valence-corrected chi connectivity index (χ4v) is 2.16. The van der Waals surface area contributed by atoms with E-state index in [9.17, 15) is 13.2 Å². The van der Waals surface area contributed by atoms with Crippen LogP contribution in [0.25, 0.3) is 16.8 Å². The van der Waals surface area contributed by atoms with Crippen molar-refractivity contribution in [1.82, 2.24) is 0 Å². The number of hydrogen-bond acceptors (Lipinski definition) is 0. The van der Waals surface area contributed by atoms with Crippen LogP contribution in [-0.2, 0) is 0 Å². The first-order valence-corrected chi connectivity index (χ1v) is 5.13. The Bertz CT molecular complexity index is 603. The van der Waals surface area contributed by atoms with Crippen molar-refractivity contribution in [2.24, 2.45) is 0 Å². The highest BCUT2D eigenvalue weighted by Crippen LogP contribution is 2.42. The summed E-state index contributed by atoms with van der Waals surface area (Å²) in [5.74, 6) is -0.588. The fraction of sp³-hybridized carbons (Fsp3) is 0.0714. The highest BCUT2D eigenvalue weighted by Gasteiger charge is 2.41. The number of benzene rings is 2. The van der Waals surface area contributed by atoms with Gasteiger partial charge in [0.1, 0.15) is 5.92 Å². The lowest BCUT2D eigenvalue weighted by Gasteiger charge is -2.22. The predicted molar refractivity (Wildman–Crippen MR) is 60.2 cm³/mol. The zero-order valence-electron chi connectivity index (χ0n) is 8.68. The third-order valence-electron chi connectivity index (χ3n) is 2.88. The Morgan fingerprint density at radius 3 is 2.59 bits per heavy atom. The van der Waals surface area contributed by atoms with E-state index in [1.165, 1.54) is 12.1 Å². The second kappa shape index (κ2) is 3.36. The monoisotopic (exact) mass is 232 g/mol. The van der Waals surface area contributed by atoms with Crippen LogP contribution in [0.4, 0.5) is 13.2 Å². The molecule has 0 aromatic heterocycles. The molecule has 0 fully saturated rings. The van der Waals surface area contributed by atoms with Crippen LogP contribution in [0.2, 0.25) is 0 Å². The maximum Gasteiger partial charge on any atom is 0.403 e. The van der Waals surface area contributed by atoms with E-state index in [1.807, 2.05) is 6.07 Å². The molecule has 0 bridgehead atoms. The Hall–Kier alpha value is -1.77. The molecule has 1 aliphatic rings. The van der Waals surface area contributed by atoms with Crippen molar-refractivity contribution in [3.63, 3.8) is 0 Å². The van der Waals surface area contributed by atoms with Gasteiger partial charge < -0.3 is 0 Å².